The fourth-order valence-electron chi connectivity index (χ4n) is 2.47. The van der Waals surface area contributed by atoms with Crippen molar-refractivity contribution in [2.75, 3.05) is 19.0 Å². The predicted octanol–water partition coefficient (Wildman–Crippen LogP) is 3.06. The summed E-state index contributed by atoms with van der Waals surface area (Å²) in [5, 5.41) is 5.92. The average Bonchev–Trinajstić information content (AvgIpc) is 2.54. The molecule has 0 bridgehead atoms. The minimum absolute atomic E-state index is 0.0611. The van der Waals surface area contributed by atoms with Crippen molar-refractivity contribution >= 4 is 17.8 Å². The zero-order valence-electron chi connectivity index (χ0n) is 12.8. The summed E-state index contributed by atoms with van der Waals surface area (Å²) < 4.78 is 0. The molecule has 1 aliphatic rings. The first-order valence-corrected chi connectivity index (χ1v) is 7.33. The van der Waals surface area contributed by atoms with Crippen molar-refractivity contribution in [1.82, 2.24) is 5.01 Å². The van der Waals surface area contributed by atoms with Gasteiger partial charge in [-0.15, -0.1) is 0 Å². The zero-order chi connectivity index (χ0) is 15.5. The summed E-state index contributed by atoms with van der Waals surface area (Å²) >= 11 is 0. The molecule has 3 rings (SSSR count). The number of carbonyl (C=O) groups excluding carboxylic acids is 1. The number of nitrogens with zero attached hydrogens (tertiary/aromatic N) is 3. The number of benzene rings is 2. The highest BCUT2D eigenvalue weighted by Crippen LogP contribution is 2.34. The molecule has 112 valence electrons. The van der Waals surface area contributed by atoms with Gasteiger partial charge in [-0.3, -0.25) is 4.79 Å². The van der Waals surface area contributed by atoms with Gasteiger partial charge in [0.2, 0.25) is 5.91 Å². The van der Waals surface area contributed by atoms with E-state index in [9.17, 15) is 4.79 Å². The molecule has 2 aromatic carbocycles. The van der Waals surface area contributed by atoms with Crippen LogP contribution in [0.1, 0.15) is 23.6 Å². The van der Waals surface area contributed by atoms with Gasteiger partial charge in [0.25, 0.3) is 0 Å². The fraction of sp³-hybridized carbons (Fsp3) is 0.222. The van der Waals surface area contributed by atoms with Crippen molar-refractivity contribution in [3.8, 4) is 0 Å². The lowest BCUT2D eigenvalue weighted by Gasteiger charge is -2.36. The standard InChI is InChI=1S/C18H19N3O/c1-20(2)16-10-8-14(9-11-16)13-19-21-17(12-18(21)22)15-6-4-3-5-7-15/h3-11,13,17H,12H2,1-2H3/b19-13+. The third-order valence-corrected chi connectivity index (χ3v) is 3.84. The molecular weight excluding hydrogens is 274 g/mol. The number of hydrogen-bond donors (Lipinski definition) is 0. The summed E-state index contributed by atoms with van der Waals surface area (Å²) in [5.74, 6) is 0.0648. The van der Waals surface area contributed by atoms with E-state index in [-0.39, 0.29) is 11.9 Å². The minimum Gasteiger partial charge on any atom is -0.378 e. The monoisotopic (exact) mass is 293 g/mol. The van der Waals surface area contributed by atoms with Crippen LogP contribution >= 0.6 is 0 Å². The maximum atomic E-state index is 11.8. The Kier molecular flexibility index (Phi) is 3.92. The molecule has 1 unspecified atom stereocenters. The molecular formula is C18H19N3O. The van der Waals surface area contributed by atoms with Gasteiger partial charge in [-0.2, -0.15) is 5.10 Å². The molecule has 0 saturated carbocycles. The number of hydrogen-bond acceptors (Lipinski definition) is 3. The lowest BCUT2D eigenvalue weighted by atomic mass is 9.96. The van der Waals surface area contributed by atoms with Gasteiger partial charge in [0.1, 0.15) is 0 Å². The highest BCUT2D eigenvalue weighted by atomic mass is 16.2. The van der Waals surface area contributed by atoms with Gasteiger partial charge in [0.15, 0.2) is 0 Å². The van der Waals surface area contributed by atoms with Crippen molar-refractivity contribution in [1.29, 1.82) is 0 Å². The highest BCUT2D eigenvalue weighted by Gasteiger charge is 2.37. The normalized spacial score (nSPS) is 17.6. The molecule has 22 heavy (non-hydrogen) atoms. The smallest absolute Gasteiger partial charge is 0.245 e. The Hall–Kier alpha value is -2.62. The van der Waals surface area contributed by atoms with Crippen LogP contribution in [0.25, 0.3) is 0 Å². The lowest BCUT2D eigenvalue weighted by molar-refractivity contribution is -0.146. The molecule has 0 N–H and O–H groups in total. The third-order valence-electron chi connectivity index (χ3n) is 3.84. The van der Waals surface area contributed by atoms with Crippen LogP contribution in [-0.2, 0) is 4.79 Å². The molecule has 0 spiro atoms. The molecule has 1 fully saturated rings. The van der Waals surface area contributed by atoms with Crippen LogP contribution in [0.15, 0.2) is 59.7 Å². The number of hydrazone groups is 1. The molecule has 0 aromatic heterocycles. The number of β-lactam (4-membered cyclic amide) rings is 1. The van der Waals surface area contributed by atoms with Crippen molar-refractivity contribution < 1.29 is 4.79 Å². The molecule has 1 atom stereocenters. The van der Waals surface area contributed by atoms with E-state index in [1.165, 1.54) is 0 Å². The van der Waals surface area contributed by atoms with Crippen LogP contribution in [-0.4, -0.2) is 31.2 Å². The second-order valence-corrected chi connectivity index (χ2v) is 5.60. The topological polar surface area (TPSA) is 35.9 Å². The Morgan fingerprint density at radius 3 is 2.36 bits per heavy atom. The Morgan fingerprint density at radius 2 is 1.77 bits per heavy atom. The Balaban J connectivity index is 1.72. The molecule has 1 saturated heterocycles. The maximum absolute atomic E-state index is 11.8. The largest absolute Gasteiger partial charge is 0.378 e. The summed E-state index contributed by atoms with van der Waals surface area (Å²) in [6.45, 7) is 0. The van der Waals surface area contributed by atoms with Gasteiger partial charge in [0, 0.05) is 19.8 Å². The summed E-state index contributed by atoms with van der Waals surface area (Å²) in [4.78, 5) is 13.8. The van der Waals surface area contributed by atoms with Crippen LogP contribution in [0.3, 0.4) is 0 Å². The Labute approximate surface area is 130 Å². The molecule has 2 aromatic rings. The van der Waals surface area contributed by atoms with Crippen LogP contribution < -0.4 is 4.90 Å². The molecule has 0 radical (unpaired) electrons. The van der Waals surface area contributed by atoms with E-state index in [2.05, 4.69) is 5.10 Å². The molecule has 1 amide bonds. The Morgan fingerprint density at radius 1 is 1.09 bits per heavy atom. The van der Waals surface area contributed by atoms with Crippen LogP contribution in [0, 0.1) is 0 Å². The van der Waals surface area contributed by atoms with Gasteiger partial charge in [-0.05, 0) is 23.3 Å². The summed E-state index contributed by atoms with van der Waals surface area (Å²) in [6.07, 6.45) is 2.27. The van der Waals surface area contributed by atoms with Gasteiger partial charge < -0.3 is 4.90 Å². The lowest BCUT2D eigenvalue weighted by Crippen LogP contribution is -2.42. The van der Waals surface area contributed by atoms with E-state index < -0.39 is 0 Å². The van der Waals surface area contributed by atoms with Gasteiger partial charge in [-0.1, -0.05) is 42.5 Å². The van der Waals surface area contributed by atoms with E-state index in [1.807, 2.05) is 73.6 Å². The van der Waals surface area contributed by atoms with Crippen LogP contribution in [0.4, 0.5) is 5.69 Å². The van der Waals surface area contributed by atoms with Crippen LogP contribution in [0.2, 0.25) is 0 Å². The average molecular weight is 293 g/mol. The quantitative estimate of drug-likeness (QED) is 0.641. The summed E-state index contributed by atoms with van der Waals surface area (Å²) in [5.41, 5.74) is 3.25. The summed E-state index contributed by atoms with van der Waals surface area (Å²) in [6, 6.07) is 18.1. The van der Waals surface area contributed by atoms with Crippen molar-refractivity contribution in [2.45, 2.75) is 12.5 Å². The molecule has 0 aliphatic carbocycles. The van der Waals surface area contributed by atoms with Crippen molar-refractivity contribution in [2.24, 2.45) is 5.10 Å². The first-order chi connectivity index (χ1) is 10.6. The van der Waals surface area contributed by atoms with Crippen molar-refractivity contribution in [3.05, 3.63) is 65.7 Å². The highest BCUT2D eigenvalue weighted by molar-refractivity contribution is 5.86. The molecule has 4 heteroatoms. The first kappa shape index (κ1) is 14.3. The Bertz CT molecular complexity index is 677. The second-order valence-electron chi connectivity index (χ2n) is 5.60. The minimum atomic E-state index is 0.0611. The number of rotatable bonds is 4. The van der Waals surface area contributed by atoms with E-state index in [1.54, 1.807) is 11.2 Å². The fourth-order valence-corrected chi connectivity index (χ4v) is 2.47. The van der Waals surface area contributed by atoms with E-state index in [0.717, 1.165) is 16.8 Å². The third kappa shape index (κ3) is 2.86. The van der Waals surface area contributed by atoms with Gasteiger partial charge in [0.05, 0.1) is 18.7 Å². The zero-order valence-corrected chi connectivity index (χ0v) is 12.8. The van der Waals surface area contributed by atoms with Gasteiger partial charge >= 0.3 is 0 Å². The number of anilines is 1. The molecule has 1 aliphatic heterocycles. The number of carbonyl (C=O) groups is 1. The van der Waals surface area contributed by atoms with E-state index >= 15 is 0 Å². The second kappa shape index (κ2) is 6.02. The predicted molar refractivity (Wildman–Crippen MR) is 89.0 cm³/mol. The van der Waals surface area contributed by atoms with E-state index in [4.69, 9.17) is 0 Å². The molecule has 4 nitrogen and oxygen atoms in total. The summed E-state index contributed by atoms with van der Waals surface area (Å²) in [7, 11) is 4.01. The SMILES string of the molecule is CN(C)c1ccc(/C=N/N2C(=O)CC2c2ccccc2)cc1. The first-order valence-electron chi connectivity index (χ1n) is 7.33. The van der Waals surface area contributed by atoms with Crippen molar-refractivity contribution in [3.63, 3.8) is 0 Å². The maximum Gasteiger partial charge on any atom is 0.245 e. The van der Waals surface area contributed by atoms with Gasteiger partial charge in [-0.25, -0.2) is 5.01 Å². The van der Waals surface area contributed by atoms with Crippen LogP contribution in [0.5, 0.6) is 0 Å². The number of amides is 1. The van der Waals surface area contributed by atoms with E-state index in [0.29, 0.717) is 6.42 Å². The molecule has 1 heterocycles.